The summed E-state index contributed by atoms with van der Waals surface area (Å²) in [5.74, 6) is 0.402. The molecule has 0 aliphatic carbocycles. The Labute approximate surface area is 90.2 Å². The Morgan fingerprint density at radius 2 is 2.07 bits per heavy atom. The van der Waals surface area contributed by atoms with Gasteiger partial charge in [0.05, 0.1) is 6.10 Å². The van der Waals surface area contributed by atoms with Crippen LogP contribution in [0.1, 0.15) is 38.8 Å². The molecule has 0 fully saturated rings. The largest absolute Gasteiger partial charge is 0.490 e. The fourth-order valence-corrected chi connectivity index (χ4v) is 1.28. The van der Waals surface area contributed by atoms with E-state index < -0.39 is 0 Å². The van der Waals surface area contributed by atoms with Gasteiger partial charge in [0.25, 0.3) is 0 Å². The molecular formula is C12H18FNO. The third kappa shape index (κ3) is 3.20. The SMILES string of the molecule is CCC(C)Oc1ccc(F)cc1C(C)N. The molecule has 2 unspecified atom stereocenters. The van der Waals surface area contributed by atoms with Crippen LogP contribution < -0.4 is 10.5 Å². The predicted octanol–water partition coefficient (Wildman–Crippen LogP) is 3.02. The van der Waals surface area contributed by atoms with Crippen molar-refractivity contribution in [2.45, 2.75) is 39.3 Å². The van der Waals surface area contributed by atoms with E-state index >= 15 is 0 Å². The summed E-state index contributed by atoms with van der Waals surface area (Å²) < 4.78 is 18.7. The van der Waals surface area contributed by atoms with Gasteiger partial charge < -0.3 is 10.5 Å². The first kappa shape index (κ1) is 12.0. The van der Waals surface area contributed by atoms with Gasteiger partial charge in [-0.1, -0.05) is 6.92 Å². The molecule has 0 aliphatic heterocycles. The fourth-order valence-electron chi connectivity index (χ4n) is 1.28. The minimum absolute atomic E-state index is 0.118. The molecule has 0 heterocycles. The molecule has 15 heavy (non-hydrogen) atoms. The van der Waals surface area contributed by atoms with Crippen LogP contribution in [0.2, 0.25) is 0 Å². The minimum atomic E-state index is -0.279. The number of rotatable bonds is 4. The highest BCUT2D eigenvalue weighted by Gasteiger charge is 2.11. The summed E-state index contributed by atoms with van der Waals surface area (Å²) in [6.07, 6.45) is 1.03. The molecule has 2 N–H and O–H groups in total. The molecule has 3 heteroatoms. The van der Waals surface area contributed by atoms with Crippen LogP contribution in [0, 0.1) is 5.82 Å². The molecule has 1 rings (SSSR count). The smallest absolute Gasteiger partial charge is 0.124 e. The molecule has 0 aliphatic rings. The second-order valence-electron chi connectivity index (χ2n) is 3.81. The van der Waals surface area contributed by atoms with E-state index in [9.17, 15) is 4.39 Å². The van der Waals surface area contributed by atoms with Crippen molar-refractivity contribution >= 4 is 0 Å². The Morgan fingerprint density at radius 3 is 2.60 bits per heavy atom. The van der Waals surface area contributed by atoms with E-state index in [0.29, 0.717) is 5.75 Å². The van der Waals surface area contributed by atoms with Crippen molar-refractivity contribution in [2.75, 3.05) is 0 Å². The normalized spacial score (nSPS) is 14.7. The van der Waals surface area contributed by atoms with Gasteiger partial charge >= 0.3 is 0 Å². The van der Waals surface area contributed by atoms with Gasteiger partial charge in [-0.05, 0) is 38.5 Å². The van der Waals surface area contributed by atoms with Gasteiger partial charge in [-0.3, -0.25) is 0 Å². The quantitative estimate of drug-likeness (QED) is 0.830. The fraction of sp³-hybridized carbons (Fsp3) is 0.500. The maximum atomic E-state index is 13.0. The number of hydrogen-bond donors (Lipinski definition) is 1. The lowest BCUT2D eigenvalue weighted by Crippen LogP contribution is -2.14. The predicted molar refractivity (Wildman–Crippen MR) is 59.4 cm³/mol. The van der Waals surface area contributed by atoms with E-state index in [1.165, 1.54) is 12.1 Å². The Hall–Kier alpha value is -1.09. The van der Waals surface area contributed by atoms with Crippen LogP contribution in [-0.2, 0) is 0 Å². The number of benzene rings is 1. The number of nitrogens with two attached hydrogens (primary N) is 1. The molecule has 0 bridgehead atoms. The van der Waals surface area contributed by atoms with Crippen molar-refractivity contribution in [1.82, 2.24) is 0 Å². The first-order valence-electron chi connectivity index (χ1n) is 5.26. The summed E-state index contributed by atoms with van der Waals surface area (Å²) in [4.78, 5) is 0. The Bertz CT molecular complexity index is 325. The van der Waals surface area contributed by atoms with Crippen molar-refractivity contribution in [2.24, 2.45) is 5.73 Å². The maximum Gasteiger partial charge on any atom is 0.124 e. The summed E-state index contributed by atoms with van der Waals surface area (Å²) in [7, 11) is 0. The zero-order chi connectivity index (χ0) is 11.4. The van der Waals surface area contributed by atoms with E-state index in [1.807, 2.05) is 20.8 Å². The summed E-state index contributed by atoms with van der Waals surface area (Å²) in [6.45, 7) is 5.84. The molecule has 2 atom stereocenters. The Kier molecular flexibility index (Phi) is 4.09. The van der Waals surface area contributed by atoms with Crippen LogP contribution >= 0.6 is 0 Å². The van der Waals surface area contributed by atoms with Crippen molar-refractivity contribution in [1.29, 1.82) is 0 Å². The van der Waals surface area contributed by atoms with Gasteiger partial charge in [0.15, 0.2) is 0 Å². The Balaban J connectivity index is 2.95. The lowest BCUT2D eigenvalue weighted by Gasteiger charge is -2.17. The summed E-state index contributed by atoms with van der Waals surface area (Å²) in [5.41, 5.74) is 6.47. The zero-order valence-corrected chi connectivity index (χ0v) is 9.46. The van der Waals surface area contributed by atoms with Crippen molar-refractivity contribution in [3.8, 4) is 5.75 Å². The van der Waals surface area contributed by atoms with Crippen LogP contribution in [0.15, 0.2) is 18.2 Å². The topological polar surface area (TPSA) is 35.2 Å². The van der Waals surface area contributed by atoms with Crippen LogP contribution in [-0.4, -0.2) is 6.10 Å². The lowest BCUT2D eigenvalue weighted by molar-refractivity contribution is 0.214. The third-order valence-corrected chi connectivity index (χ3v) is 2.37. The molecule has 0 spiro atoms. The average Bonchev–Trinajstić information content (AvgIpc) is 2.20. The van der Waals surface area contributed by atoms with Crippen LogP contribution in [0.5, 0.6) is 5.75 Å². The highest BCUT2D eigenvalue weighted by atomic mass is 19.1. The lowest BCUT2D eigenvalue weighted by atomic mass is 10.1. The molecule has 0 aromatic heterocycles. The molecule has 0 saturated heterocycles. The van der Waals surface area contributed by atoms with E-state index in [-0.39, 0.29) is 18.0 Å². The van der Waals surface area contributed by atoms with Crippen LogP contribution in [0.3, 0.4) is 0 Å². The highest BCUT2D eigenvalue weighted by molar-refractivity contribution is 5.36. The third-order valence-electron chi connectivity index (χ3n) is 2.37. The molecule has 0 radical (unpaired) electrons. The molecule has 1 aromatic carbocycles. The van der Waals surface area contributed by atoms with Crippen LogP contribution in [0.4, 0.5) is 4.39 Å². The molecule has 0 saturated carbocycles. The van der Waals surface area contributed by atoms with Crippen molar-refractivity contribution < 1.29 is 9.13 Å². The zero-order valence-electron chi connectivity index (χ0n) is 9.46. The molecule has 2 nitrogen and oxygen atoms in total. The van der Waals surface area contributed by atoms with Crippen molar-refractivity contribution in [3.05, 3.63) is 29.6 Å². The van der Waals surface area contributed by atoms with E-state index in [4.69, 9.17) is 10.5 Å². The summed E-state index contributed by atoms with van der Waals surface area (Å²) in [6, 6.07) is 4.24. The maximum absolute atomic E-state index is 13.0. The number of hydrogen-bond acceptors (Lipinski definition) is 2. The van der Waals surface area contributed by atoms with Crippen LogP contribution in [0.25, 0.3) is 0 Å². The van der Waals surface area contributed by atoms with E-state index in [2.05, 4.69) is 0 Å². The summed E-state index contributed by atoms with van der Waals surface area (Å²) in [5, 5.41) is 0. The van der Waals surface area contributed by atoms with Crippen molar-refractivity contribution in [3.63, 3.8) is 0 Å². The minimum Gasteiger partial charge on any atom is -0.490 e. The van der Waals surface area contributed by atoms with E-state index in [0.717, 1.165) is 12.0 Å². The van der Waals surface area contributed by atoms with Gasteiger partial charge in [-0.2, -0.15) is 0 Å². The number of halogens is 1. The van der Waals surface area contributed by atoms with E-state index in [1.54, 1.807) is 6.07 Å². The monoisotopic (exact) mass is 211 g/mol. The molecular weight excluding hydrogens is 193 g/mol. The van der Waals surface area contributed by atoms with Gasteiger partial charge in [-0.15, -0.1) is 0 Å². The second kappa shape index (κ2) is 5.12. The molecule has 1 aromatic rings. The van der Waals surface area contributed by atoms with Gasteiger partial charge in [0, 0.05) is 11.6 Å². The first-order valence-corrected chi connectivity index (χ1v) is 5.26. The molecule has 84 valence electrons. The average molecular weight is 211 g/mol. The highest BCUT2D eigenvalue weighted by Crippen LogP contribution is 2.25. The number of ether oxygens (including phenoxy) is 1. The molecule has 0 amide bonds. The summed E-state index contributed by atoms with van der Waals surface area (Å²) >= 11 is 0. The van der Waals surface area contributed by atoms with Gasteiger partial charge in [0.1, 0.15) is 11.6 Å². The first-order chi connectivity index (χ1) is 7.04. The van der Waals surface area contributed by atoms with Gasteiger partial charge in [-0.25, -0.2) is 4.39 Å². The van der Waals surface area contributed by atoms with Gasteiger partial charge in [0.2, 0.25) is 0 Å². The standard InChI is InChI=1S/C12H18FNO/c1-4-8(2)15-12-6-5-10(13)7-11(12)9(3)14/h5-9H,4,14H2,1-3H3. The second-order valence-corrected chi connectivity index (χ2v) is 3.81. The Morgan fingerprint density at radius 1 is 1.40 bits per heavy atom.